The molecular weight excluding hydrogens is 276 g/mol. The van der Waals surface area contributed by atoms with Gasteiger partial charge in [-0.3, -0.25) is 9.89 Å². The molecule has 0 radical (unpaired) electrons. The summed E-state index contributed by atoms with van der Waals surface area (Å²) in [6, 6.07) is 3.99. The molecule has 22 heavy (non-hydrogen) atoms. The summed E-state index contributed by atoms with van der Waals surface area (Å²) in [5, 5.41) is 7.98. The first kappa shape index (κ1) is 13.8. The highest BCUT2D eigenvalue weighted by Crippen LogP contribution is 2.42. The SMILES string of the molecule is Cc1ccc2[nH]ncc2c1C(=O)N1C[C@H]2CN(C)C[C@@]2(C)C1. The number of amides is 1. The molecule has 0 spiro atoms. The van der Waals surface area contributed by atoms with E-state index < -0.39 is 0 Å². The molecule has 0 bridgehead atoms. The number of fused-ring (bicyclic) bond motifs is 2. The molecule has 2 atom stereocenters. The van der Waals surface area contributed by atoms with Gasteiger partial charge in [-0.05, 0) is 31.5 Å². The van der Waals surface area contributed by atoms with E-state index in [4.69, 9.17) is 0 Å². The van der Waals surface area contributed by atoms with Gasteiger partial charge < -0.3 is 9.80 Å². The Morgan fingerprint density at radius 3 is 2.95 bits per heavy atom. The molecule has 1 N–H and O–H groups in total. The first-order valence-electron chi connectivity index (χ1n) is 7.88. The maximum absolute atomic E-state index is 13.1. The van der Waals surface area contributed by atoms with Crippen molar-refractivity contribution in [2.75, 3.05) is 33.2 Å². The number of aromatic amines is 1. The molecule has 0 aliphatic carbocycles. The number of benzene rings is 1. The number of carbonyl (C=O) groups excluding carboxylic acids is 1. The van der Waals surface area contributed by atoms with Gasteiger partial charge in [-0.2, -0.15) is 5.10 Å². The van der Waals surface area contributed by atoms with Crippen molar-refractivity contribution in [2.45, 2.75) is 13.8 Å². The number of hydrogen-bond donors (Lipinski definition) is 1. The van der Waals surface area contributed by atoms with Gasteiger partial charge in [-0.25, -0.2) is 0 Å². The van der Waals surface area contributed by atoms with Crippen molar-refractivity contribution >= 4 is 16.8 Å². The molecule has 5 nitrogen and oxygen atoms in total. The molecule has 2 aromatic rings. The minimum absolute atomic E-state index is 0.155. The van der Waals surface area contributed by atoms with Crippen LogP contribution in [0, 0.1) is 18.3 Å². The predicted molar refractivity (Wildman–Crippen MR) is 85.8 cm³/mol. The van der Waals surface area contributed by atoms with Crippen LogP contribution in [-0.4, -0.2) is 59.1 Å². The Morgan fingerprint density at radius 1 is 1.36 bits per heavy atom. The van der Waals surface area contributed by atoms with Crippen molar-refractivity contribution in [2.24, 2.45) is 11.3 Å². The molecule has 1 aromatic heterocycles. The quantitative estimate of drug-likeness (QED) is 0.875. The molecule has 116 valence electrons. The topological polar surface area (TPSA) is 52.2 Å². The number of aryl methyl sites for hydroxylation is 1. The van der Waals surface area contributed by atoms with Crippen LogP contribution in [-0.2, 0) is 0 Å². The number of carbonyl (C=O) groups is 1. The van der Waals surface area contributed by atoms with E-state index in [1.807, 2.05) is 24.0 Å². The summed E-state index contributed by atoms with van der Waals surface area (Å²) >= 11 is 0. The zero-order valence-corrected chi connectivity index (χ0v) is 13.4. The first-order valence-corrected chi connectivity index (χ1v) is 7.88. The molecule has 1 aromatic carbocycles. The van der Waals surface area contributed by atoms with Gasteiger partial charge in [-0.15, -0.1) is 0 Å². The van der Waals surface area contributed by atoms with Crippen molar-refractivity contribution in [3.63, 3.8) is 0 Å². The van der Waals surface area contributed by atoms with E-state index in [2.05, 4.69) is 29.1 Å². The maximum atomic E-state index is 13.1. The zero-order chi connectivity index (χ0) is 15.5. The summed E-state index contributed by atoms with van der Waals surface area (Å²) in [6.07, 6.45) is 1.77. The lowest BCUT2D eigenvalue weighted by molar-refractivity contribution is 0.0766. The van der Waals surface area contributed by atoms with Crippen LogP contribution >= 0.6 is 0 Å². The number of hydrogen-bond acceptors (Lipinski definition) is 3. The lowest BCUT2D eigenvalue weighted by atomic mass is 9.83. The van der Waals surface area contributed by atoms with Crippen molar-refractivity contribution in [1.82, 2.24) is 20.0 Å². The fourth-order valence-corrected chi connectivity index (χ4v) is 4.35. The lowest BCUT2D eigenvalue weighted by Gasteiger charge is -2.24. The third-order valence-electron chi connectivity index (χ3n) is 5.48. The number of likely N-dealkylation sites (tertiary alicyclic amines) is 2. The number of rotatable bonds is 1. The van der Waals surface area contributed by atoms with Crippen LogP contribution in [0.25, 0.3) is 10.9 Å². The van der Waals surface area contributed by atoms with Crippen LogP contribution in [0.15, 0.2) is 18.3 Å². The zero-order valence-electron chi connectivity index (χ0n) is 13.4. The smallest absolute Gasteiger partial charge is 0.254 e. The van der Waals surface area contributed by atoms with E-state index >= 15 is 0 Å². The van der Waals surface area contributed by atoms with E-state index in [0.717, 1.165) is 48.2 Å². The van der Waals surface area contributed by atoms with Gasteiger partial charge >= 0.3 is 0 Å². The molecule has 2 saturated heterocycles. The maximum Gasteiger partial charge on any atom is 0.254 e. The number of H-pyrrole nitrogens is 1. The monoisotopic (exact) mass is 298 g/mol. The minimum Gasteiger partial charge on any atom is -0.338 e. The second-order valence-corrected chi connectivity index (χ2v) is 7.32. The van der Waals surface area contributed by atoms with Crippen LogP contribution in [0.3, 0.4) is 0 Å². The summed E-state index contributed by atoms with van der Waals surface area (Å²) in [5.74, 6) is 0.744. The summed E-state index contributed by atoms with van der Waals surface area (Å²) in [5.41, 5.74) is 3.00. The lowest BCUT2D eigenvalue weighted by Crippen LogP contribution is -2.35. The van der Waals surface area contributed by atoms with Gasteiger partial charge in [0.25, 0.3) is 5.91 Å². The van der Waals surface area contributed by atoms with Crippen molar-refractivity contribution in [1.29, 1.82) is 0 Å². The Hall–Kier alpha value is -1.88. The molecule has 5 heteroatoms. The molecular formula is C17H22N4O. The molecule has 4 rings (SSSR count). The summed E-state index contributed by atoms with van der Waals surface area (Å²) in [7, 11) is 2.17. The Balaban J connectivity index is 1.68. The van der Waals surface area contributed by atoms with Crippen LogP contribution in [0.4, 0.5) is 0 Å². The second kappa shape index (κ2) is 4.56. The van der Waals surface area contributed by atoms with Crippen LogP contribution in [0.2, 0.25) is 0 Å². The summed E-state index contributed by atoms with van der Waals surface area (Å²) < 4.78 is 0. The van der Waals surface area contributed by atoms with Crippen molar-refractivity contribution in [3.8, 4) is 0 Å². The fraction of sp³-hybridized carbons (Fsp3) is 0.529. The van der Waals surface area contributed by atoms with E-state index in [-0.39, 0.29) is 11.3 Å². The number of nitrogens with one attached hydrogen (secondary N) is 1. The van der Waals surface area contributed by atoms with Crippen LogP contribution in [0.5, 0.6) is 0 Å². The highest BCUT2D eigenvalue weighted by molar-refractivity contribution is 6.07. The molecule has 2 fully saturated rings. The Kier molecular flexibility index (Phi) is 2.85. The van der Waals surface area contributed by atoms with E-state index in [1.165, 1.54) is 0 Å². The Labute approximate surface area is 130 Å². The van der Waals surface area contributed by atoms with E-state index in [1.54, 1.807) is 6.20 Å². The van der Waals surface area contributed by atoms with Crippen LogP contribution in [0.1, 0.15) is 22.8 Å². The normalized spacial score (nSPS) is 28.5. The fourth-order valence-electron chi connectivity index (χ4n) is 4.35. The third kappa shape index (κ3) is 1.88. The number of nitrogens with zero attached hydrogens (tertiary/aromatic N) is 3. The minimum atomic E-state index is 0.155. The van der Waals surface area contributed by atoms with Crippen molar-refractivity contribution < 1.29 is 4.79 Å². The molecule has 2 aliphatic rings. The van der Waals surface area contributed by atoms with Gasteiger partial charge in [-0.1, -0.05) is 13.0 Å². The predicted octanol–water partition coefficient (Wildman–Crippen LogP) is 1.90. The molecule has 0 unspecified atom stereocenters. The van der Waals surface area contributed by atoms with Crippen molar-refractivity contribution in [3.05, 3.63) is 29.5 Å². The Bertz CT molecular complexity index is 752. The van der Waals surface area contributed by atoms with Gasteiger partial charge in [0.05, 0.1) is 17.3 Å². The standard InChI is InChI=1S/C17H22N4O/c1-11-4-5-14-13(6-18-19-14)15(11)16(22)21-8-12-7-20(3)9-17(12,2)10-21/h4-6,12H,7-10H2,1-3H3,(H,18,19)/t12-,17+/m1/s1. The van der Waals surface area contributed by atoms with Gasteiger partial charge in [0.2, 0.25) is 0 Å². The third-order valence-corrected chi connectivity index (χ3v) is 5.48. The average molecular weight is 298 g/mol. The number of aromatic nitrogens is 2. The summed E-state index contributed by atoms with van der Waals surface area (Å²) in [4.78, 5) is 17.5. The molecule has 2 aliphatic heterocycles. The van der Waals surface area contributed by atoms with E-state index in [0.29, 0.717) is 5.92 Å². The highest BCUT2D eigenvalue weighted by Gasteiger charge is 2.49. The Morgan fingerprint density at radius 2 is 2.18 bits per heavy atom. The molecule has 1 amide bonds. The van der Waals surface area contributed by atoms with Gasteiger partial charge in [0, 0.05) is 37.0 Å². The summed E-state index contributed by atoms with van der Waals surface area (Å²) in [6.45, 7) is 8.22. The van der Waals surface area contributed by atoms with Gasteiger partial charge in [0.1, 0.15) is 0 Å². The second-order valence-electron chi connectivity index (χ2n) is 7.32. The largest absolute Gasteiger partial charge is 0.338 e. The van der Waals surface area contributed by atoms with Crippen LogP contribution < -0.4 is 0 Å². The van der Waals surface area contributed by atoms with Gasteiger partial charge in [0.15, 0.2) is 0 Å². The van der Waals surface area contributed by atoms with E-state index in [9.17, 15) is 4.79 Å². The first-order chi connectivity index (χ1) is 10.5. The average Bonchev–Trinajstić information content (AvgIpc) is 3.09. The molecule has 3 heterocycles. The highest BCUT2D eigenvalue weighted by atomic mass is 16.2. The molecule has 0 saturated carbocycles.